The number of aromatic amines is 1. The molecule has 1 aliphatic heterocycles. The van der Waals surface area contributed by atoms with Crippen molar-refractivity contribution in [2.45, 2.75) is 31.0 Å². The summed E-state index contributed by atoms with van der Waals surface area (Å²) in [7, 11) is 0. The summed E-state index contributed by atoms with van der Waals surface area (Å²) in [6.07, 6.45) is -0.963. The van der Waals surface area contributed by atoms with Crippen LogP contribution >= 0.6 is 22.6 Å². The van der Waals surface area contributed by atoms with Crippen molar-refractivity contribution in [2.24, 2.45) is 5.92 Å². The zero-order valence-corrected chi connectivity index (χ0v) is 17.1. The van der Waals surface area contributed by atoms with E-state index in [1.807, 2.05) is 22.6 Å². The number of benzene rings is 1. The van der Waals surface area contributed by atoms with Gasteiger partial charge < -0.3 is 4.90 Å². The minimum Gasteiger partial charge on any atom is -0.302 e. The van der Waals surface area contributed by atoms with Crippen molar-refractivity contribution in [2.75, 3.05) is 19.6 Å². The average Bonchev–Trinajstić information content (AvgIpc) is 3.21. The lowest BCUT2D eigenvalue weighted by Crippen LogP contribution is -2.33. The normalized spacial score (nSPS) is 24.4. The van der Waals surface area contributed by atoms with Gasteiger partial charge in [0.05, 0.1) is 9.13 Å². The maximum atomic E-state index is 12.8. The van der Waals surface area contributed by atoms with Crippen molar-refractivity contribution in [3.8, 4) is 0 Å². The third-order valence-corrected chi connectivity index (χ3v) is 6.61. The van der Waals surface area contributed by atoms with Crippen LogP contribution in [0.2, 0.25) is 0 Å². The second-order valence-electron chi connectivity index (χ2n) is 7.65. The summed E-state index contributed by atoms with van der Waals surface area (Å²) in [5, 5.41) is 0. The first kappa shape index (κ1) is 19.7. The van der Waals surface area contributed by atoms with Crippen LogP contribution in [-0.2, 0) is 18.1 Å². The van der Waals surface area contributed by atoms with E-state index in [4.69, 9.17) is 0 Å². The number of piperidine rings is 1. The largest absolute Gasteiger partial charge is 0.416 e. The highest BCUT2D eigenvalue weighted by atomic mass is 127. The molecule has 150 valence electrons. The van der Waals surface area contributed by atoms with Crippen molar-refractivity contribution in [3.05, 3.63) is 66.0 Å². The highest BCUT2D eigenvalue weighted by molar-refractivity contribution is 14.1. The highest BCUT2D eigenvalue weighted by Crippen LogP contribution is 2.59. The molecule has 2 fully saturated rings. The molecular weight excluding hydrogens is 486 g/mol. The number of H-pyrrole nitrogens is 1. The number of aryl methyl sites for hydroxylation is 1. The van der Waals surface area contributed by atoms with E-state index in [0.29, 0.717) is 16.0 Å². The first-order chi connectivity index (χ1) is 13.2. The quantitative estimate of drug-likeness (QED) is 0.637. The number of hydrogen-bond acceptors (Lipinski definition) is 3. The molecule has 2 aliphatic rings. The van der Waals surface area contributed by atoms with Gasteiger partial charge in [-0.1, -0.05) is 12.1 Å². The molecule has 1 N–H and O–H groups in total. The molecule has 1 aromatic carbocycles. The van der Waals surface area contributed by atoms with E-state index in [1.54, 1.807) is 18.3 Å². The monoisotopic (exact) mass is 505 g/mol. The summed E-state index contributed by atoms with van der Waals surface area (Å²) < 4.78 is 40.3. The predicted molar refractivity (Wildman–Crippen MR) is 106 cm³/mol. The van der Waals surface area contributed by atoms with E-state index in [1.165, 1.54) is 16.7 Å². The standard InChI is InChI=1S/C19H19F3IN3O2/c20-19(21,22)13-4-2-12(3-5-13)18-8-14(18)9-25(11-18)6-1-7-26-10-15(23)16(27)24-17(26)28/h2-5,10,14H,1,6-9,11H2,(H,24,27,28)/t14?,18-/m1/s1. The number of halogens is 4. The molecule has 28 heavy (non-hydrogen) atoms. The second-order valence-corrected chi connectivity index (χ2v) is 8.81. The Morgan fingerprint density at radius 3 is 2.57 bits per heavy atom. The maximum absolute atomic E-state index is 12.8. The van der Waals surface area contributed by atoms with Gasteiger partial charge in [-0.15, -0.1) is 0 Å². The van der Waals surface area contributed by atoms with Gasteiger partial charge in [-0.25, -0.2) is 4.79 Å². The van der Waals surface area contributed by atoms with E-state index < -0.39 is 17.4 Å². The summed E-state index contributed by atoms with van der Waals surface area (Å²) in [6, 6.07) is 5.58. The Bertz CT molecular complexity index is 999. The number of rotatable bonds is 5. The zero-order valence-electron chi connectivity index (χ0n) is 14.9. The Labute approximate surface area is 172 Å². The van der Waals surface area contributed by atoms with E-state index in [-0.39, 0.29) is 11.0 Å². The van der Waals surface area contributed by atoms with Crippen LogP contribution in [0.1, 0.15) is 24.0 Å². The van der Waals surface area contributed by atoms with Gasteiger partial charge in [0, 0.05) is 31.2 Å². The lowest BCUT2D eigenvalue weighted by Gasteiger charge is -2.21. The SMILES string of the molecule is O=c1[nH]c(=O)n(CCCN2CC3C[C@]3(c3ccc(C(F)(F)F)cc3)C2)cc1I. The fourth-order valence-corrected chi connectivity index (χ4v) is 4.78. The minimum atomic E-state index is -4.31. The molecule has 5 nitrogen and oxygen atoms in total. The van der Waals surface area contributed by atoms with Crippen LogP contribution in [0.4, 0.5) is 13.2 Å². The smallest absolute Gasteiger partial charge is 0.302 e. The van der Waals surface area contributed by atoms with Crippen LogP contribution in [0.25, 0.3) is 0 Å². The van der Waals surface area contributed by atoms with Gasteiger partial charge in [-0.2, -0.15) is 13.2 Å². The highest BCUT2D eigenvalue weighted by Gasteiger charge is 2.60. The van der Waals surface area contributed by atoms with Gasteiger partial charge in [0.1, 0.15) is 0 Å². The van der Waals surface area contributed by atoms with Crippen LogP contribution in [0.15, 0.2) is 40.1 Å². The summed E-state index contributed by atoms with van der Waals surface area (Å²) in [4.78, 5) is 27.8. The van der Waals surface area contributed by atoms with Crippen LogP contribution < -0.4 is 11.2 Å². The van der Waals surface area contributed by atoms with Crippen LogP contribution in [0, 0.1) is 9.49 Å². The number of hydrogen-bond donors (Lipinski definition) is 1. The topological polar surface area (TPSA) is 58.1 Å². The summed E-state index contributed by atoms with van der Waals surface area (Å²) in [6.45, 7) is 3.08. The van der Waals surface area contributed by atoms with E-state index in [2.05, 4.69) is 9.88 Å². The van der Waals surface area contributed by atoms with E-state index >= 15 is 0 Å². The van der Waals surface area contributed by atoms with Crippen LogP contribution in [0.5, 0.6) is 0 Å². The van der Waals surface area contributed by atoms with Gasteiger partial charge >= 0.3 is 11.9 Å². The van der Waals surface area contributed by atoms with E-state index in [0.717, 1.165) is 38.0 Å². The van der Waals surface area contributed by atoms with Crippen molar-refractivity contribution in [1.82, 2.24) is 14.5 Å². The summed E-state index contributed by atoms with van der Waals surface area (Å²) >= 11 is 1.90. The predicted octanol–water partition coefficient (Wildman–Crippen LogP) is 2.82. The number of alkyl halides is 3. The number of nitrogens with one attached hydrogen (secondary N) is 1. The van der Waals surface area contributed by atoms with Crippen LogP contribution in [-0.4, -0.2) is 34.1 Å². The number of fused-ring (bicyclic) bond motifs is 1. The summed E-state index contributed by atoms with van der Waals surface area (Å²) in [5.74, 6) is 0.487. The first-order valence-corrected chi connectivity index (χ1v) is 10.2. The Morgan fingerprint density at radius 1 is 1.18 bits per heavy atom. The minimum absolute atomic E-state index is 0.0195. The van der Waals surface area contributed by atoms with Gasteiger partial charge in [-0.05, 0) is 65.6 Å². The average molecular weight is 505 g/mol. The van der Waals surface area contributed by atoms with Crippen molar-refractivity contribution in [1.29, 1.82) is 0 Å². The zero-order chi connectivity index (χ0) is 20.1. The van der Waals surface area contributed by atoms with Crippen molar-refractivity contribution >= 4 is 22.6 Å². The van der Waals surface area contributed by atoms with E-state index in [9.17, 15) is 22.8 Å². The lowest BCUT2D eigenvalue weighted by molar-refractivity contribution is -0.137. The molecule has 1 saturated heterocycles. The molecule has 2 atom stereocenters. The maximum Gasteiger partial charge on any atom is 0.416 e. The molecule has 1 aliphatic carbocycles. The molecule has 2 aromatic rings. The van der Waals surface area contributed by atoms with Gasteiger partial charge in [0.2, 0.25) is 0 Å². The molecular formula is C19H19F3IN3O2. The Balaban J connectivity index is 1.36. The van der Waals surface area contributed by atoms with Crippen molar-refractivity contribution in [3.63, 3.8) is 0 Å². The van der Waals surface area contributed by atoms with Crippen LogP contribution in [0.3, 0.4) is 0 Å². The molecule has 4 rings (SSSR count). The third-order valence-electron chi connectivity index (χ3n) is 5.84. The second kappa shape index (κ2) is 7.01. The molecule has 0 spiro atoms. The fraction of sp³-hybridized carbons (Fsp3) is 0.474. The molecule has 0 radical (unpaired) electrons. The molecule has 0 amide bonds. The first-order valence-electron chi connectivity index (χ1n) is 9.08. The Kier molecular flexibility index (Phi) is 4.93. The Hall–Kier alpha value is -1.62. The molecule has 0 bridgehead atoms. The molecule has 1 saturated carbocycles. The molecule has 2 heterocycles. The fourth-order valence-electron chi connectivity index (χ4n) is 4.31. The summed E-state index contributed by atoms with van der Waals surface area (Å²) in [5.41, 5.74) is -0.426. The number of nitrogens with zero attached hydrogens (tertiary/aromatic N) is 2. The number of aromatic nitrogens is 2. The molecule has 1 unspecified atom stereocenters. The third kappa shape index (κ3) is 3.66. The number of likely N-dealkylation sites (tertiary alicyclic amines) is 1. The van der Waals surface area contributed by atoms with Gasteiger partial charge in [0.25, 0.3) is 5.56 Å². The Morgan fingerprint density at radius 2 is 1.89 bits per heavy atom. The molecule has 9 heteroatoms. The lowest BCUT2D eigenvalue weighted by atomic mass is 9.94. The van der Waals surface area contributed by atoms with Gasteiger partial charge in [0.15, 0.2) is 0 Å². The van der Waals surface area contributed by atoms with Crippen molar-refractivity contribution < 1.29 is 13.2 Å². The molecule has 1 aromatic heterocycles. The van der Waals surface area contributed by atoms with Gasteiger partial charge in [-0.3, -0.25) is 14.3 Å².